The maximum Gasteiger partial charge on any atom is 0.341 e. The lowest BCUT2D eigenvalue weighted by atomic mass is 10.2. The molecule has 0 N–H and O–H groups in total. The number of ether oxygens (including phenoxy) is 1. The molecule has 0 amide bonds. The van der Waals surface area contributed by atoms with Crippen LogP contribution in [0.25, 0.3) is 0 Å². The van der Waals surface area contributed by atoms with Gasteiger partial charge in [0.05, 0.1) is 17.9 Å². The van der Waals surface area contributed by atoms with E-state index in [4.69, 9.17) is 4.74 Å². The van der Waals surface area contributed by atoms with Crippen LogP contribution in [-0.2, 0) is 17.6 Å². The van der Waals surface area contributed by atoms with Crippen LogP contribution in [0.2, 0.25) is 0 Å². The molecule has 5 heteroatoms. The van der Waals surface area contributed by atoms with Crippen LogP contribution in [0, 0.1) is 0 Å². The fourth-order valence-electron chi connectivity index (χ4n) is 2.03. The monoisotopic (exact) mass is 279 g/mol. The molecule has 0 aliphatic carbocycles. The molecule has 0 atom stereocenters. The molecule has 1 aromatic rings. The summed E-state index contributed by atoms with van der Waals surface area (Å²) in [4.78, 5) is 22.9. The van der Waals surface area contributed by atoms with Gasteiger partial charge in [0.1, 0.15) is 5.82 Å². The maximum absolute atomic E-state index is 11.8. The third-order valence-electron chi connectivity index (χ3n) is 3.29. The lowest BCUT2D eigenvalue weighted by Gasteiger charge is -2.17. The molecule has 0 saturated heterocycles. The Morgan fingerprint density at radius 1 is 1.25 bits per heavy atom. The molecule has 0 aromatic carbocycles. The summed E-state index contributed by atoms with van der Waals surface area (Å²) in [6, 6.07) is 0. The number of aromatic nitrogens is 2. The molecule has 0 fully saturated rings. The normalized spacial score (nSPS) is 10.8. The minimum atomic E-state index is -0.334. The van der Waals surface area contributed by atoms with Gasteiger partial charge in [-0.3, -0.25) is 0 Å². The van der Waals surface area contributed by atoms with Gasteiger partial charge in [0, 0.05) is 19.2 Å². The number of carbonyl (C=O) groups excluding carboxylic acids is 1. The average Bonchev–Trinajstić information content (AvgIpc) is 2.48. The number of nitrogens with zero attached hydrogens (tertiary/aromatic N) is 3. The number of rotatable bonds is 8. The van der Waals surface area contributed by atoms with Crippen LogP contribution in [0.5, 0.6) is 0 Å². The molecule has 1 rings (SSSR count). The van der Waals surface area contributed by atoms with E-state index in [0.717, 1.165) is 37.6 Å². The van der Waals surface area contributed by atoms with Gasteiger partial charge in [-0.15, -0.1) is 0 Å². The molecule has 1 heterocycles. The quantitative estimate of drug-likeness (QED) is 0.682. The highest BCUT2D eigenvalue weighted by Crippen LogP contribution is 2.09. The van der Waals surface area contributed by atoms with E-state index in [9.17, 15) is 4.79 Å². The molecule has 0 radical (unpaired) electrons. The predicted octanol–water partition coefficient (Wildman–Crippen LogP) is 2.10. The zero-order valence-electron chi connectivity index (χ0n) is 13.0. The Bertz CT molecular complexity index is 431. The van der Waals surface area contributed by atoms with Gasteiger partial charge in [-0.2, -0.15) is 0 Å². The highest BCUT2D eigenvalue weighted by Gasteiger charge is 2.14. The minimum absolute atomic E-state index is 0.334. The Morgan fingerprint density at radius 3 is 2.50 bits per heavy atom. The Hall–Kier alpha value is -1.49. The van der Waals surface area contributed by atoms with E-state index in [0.29, 0.717) is 18.6 Å². The summed E-state index contributed by atoms with van der Waals surface area (Å²) < 4.78 is 5.02. The van der Waals surface area contributed by atoms with E-state index in [1.807, 2.05) is 6.92 Å². The first-order chi connectivity index (χ1) is 9.65. The fraction of sp³-hybridized carbons (Fsp3) is 0.667. The van der Waals surface area contributed by atoms with E-state index in [1.54, 1.807) is 13.1 Å². The smallest absolute Gasteiger partial charge is 0.341 e. The summed E-state index contributed by atoms with van der Waals surface area (Å²) in [6.45, 7) is 11.4. The van der Waals surface area contributed by atoms with Gasteiger partial charge in [0.15, 0.2) is 0 Å². The molecule has 0 spiro atoms. The number of aryl methyl sites for hydroxylation is 1. The van der Waals surface area contributed by atoms with Gasteiger partial charge in [0.2, 0.25) is 0 Å². The average molecular weight is 279 g/mol. The summed E-state index contributed by atoms with van der Waals surface area (Å²) in [5.74, 6) is 0.460. The van der Waals surface area contributed by atoms with Gasteiger partial charge >= 0.3 is 5.97 Å². The van der Waals surface area contributed by atoms with Crippen LogP contribution in [0.15, 0.2) is 6.20 Å². The highest BCUT2D eigenvalue weighted by atomic mass is 16.5. The zero-order chi connectivity index (χ0) is 15.0. The lowest BCUT2D eigenvalue weighted by Crippen LogP contribution is -2.26. The number of likely N-dealkylation sites (N-methyl/N-ethyl adjacent to an activating group) is 1. The molecule has 5 nitrogen and oxygen atoms in total. The fourth-order valence-corrected chi connectivity index (χ4v) is 2.03. The van der Waals surface area contributed by atoms with Gasteiger partial charge in [-0.05, 0) is 26.4 Å². The third kappa shape index (κ3) is 4.56. The van der Waals surface area contributed by atoms with E-state index < -0.39 is 0 Å². The van der Waals surface area contributed by atoms with Crippen LogP contribution >= 0.6 is 0 Å². The molecule has 1 aromatic heterocycles. The van der Waals surface area contributed by atoms with Crippen molar-refractivity contribution >= 4 is 5.97 Å². The van der Waals surface area contributed by atoms with E-state index in [1.165, 1.54) is 0 Å². The second-order valence-electron chi connectivity index (χ2n) is 4.50. The number of carbonyl (C=O) groups is 1. The van der Waals surface area contributed by atoms with Crippen molar-refractivity contribution in [3.63, 3.8) is 0 Å². The predicted molar refractivity (Wildman–Crippen MR) is 78.9 cm³/mol. The molecular weight excluding hydrogens is 254 g/mol. The van der Waals surface area contributed by atoms with Gasteiger partial charge in [-0.1, -0.05) is 20.8 Å². The first-order valence-electron chi connectivity index (χ1n) is 7.40. The lowest BCUT2D eigenvalue weighted by molar-refractivity contribution is 0.0524. The van der Waals surface area contributed by atoms with Gasteiger partial charge in [0.25, 0.3) is 0 Å². The largest absolute Gasteiger partial charge is 0.462 e. The molecule has 0 bridgehead atoms. The second-order valence-corrected chi connectivity index (χ2v) is 4.50. The molecular formula is C15H25N3O2. The van der Waals surface area contributed by atoms with Crippen molar-refractivity contribution in [2.24, 2.45) is 0 Å². The summed E-state index contributed by atoms with van der Waals surface area (Å²) >= 11 is 0. The summed E-state index contributed by atoms with van der Waals surface area (Å²) in [7, 11) is 0. The van der Waals surface area contributed by atoms with Crippen molar-refractivity contribution in [3.05, 3.63) is 23.3 Å². The summed E-state index contributed by atoms with van der Waals surface area (Å²) in [6.07, 6.45) is 3.11. The Balaban J connectivity index is 2.79. The SMILES string of the molecule is CCOC(=O)c1cnc(CCN(CC)CC)nc1CC. The van der Waals surface area contributed by atoms with E-state index in [-0.39, 0.29) is 5.97 Å². The first-order valence-corrected chi connectivity index (χ1v) is 7.40. The molecule has 0 aliphatic rings. The van der Waals surface area contributed by atoms with Crippen molar-refractivity contribution < 1.29 is 9.53 Å². The van der Waals surface area contributed by atoms with Crippen LogP contribution in [0.3, 0.4) is 0 Å². The van der Waals surface area contributed by atoms with Gasteiger partial charge < -0.3 is 9.64 Å². The van der Waals surface area contributed by atoms with Crippen LogP contribution in [-0.4, -0.2) is 47.1 Å². The van der Waals surface area contributed by atoms with E-state index >= 15 is 0 Å². The molecule has 0 saturated carbocycles. The Kier molecular flexibility index (Phi) is 7.15. The van der Waals surface area contributed by atoms with Crippen LogP contribution in [0.4, 0.5) is 0 Å². The van der Waals surface area contributed by atoms with Crippen molar-refractivity contribution in [2.45, 2.75) is 40.5 Å². The minimum Gasteiger partial charge on any atom is -0.462 e. The molecule has 20 heavy (non-hydrogen) atoms. The zero-order valence-corrected chi connectivity index (χ0v) is 13.0. The van der Waals surface area contributed by atoms with Crippen LogP contribution in [0.1, 0.15) is 49.6 Å². The van der Waals surface area contributed by atoms with E-state index in [2.05, 4.69) is 28.7 Å². The first kappa shape index (κ1) is 16.6. The Labute approximate surface area is 121 Å². The van der Waals surface area contributed by atoms with Crippen molar-refractivity contribution in [1.29, 1.82) is 0 Å². The molecule has 112 valence electrons. The topological polar surface area (TPSA) is 55.3 Å². The summed E-state index contributed by atoms with van der Waals surface area (Å²) in [5, 5.41) is 0. The maximum atomic E-state index is 11.8. The number of hydrogen-bond acceptors (Lipinski definition) is 5. The second kappa shape index (κ2) is 8.64. The highest BCUT2D eigenvalue weighted by molar-refractivity contribution is 5.90. The molecule has 0 unspecified atom stereocenters. The van der Waals surface area contributed by atoms with Crippen LogP contribution < -0.4 is 0 Å². The number of esters is 1. The molecule has 0 aliphatic heterocycles. The third-order valence-corrected chi connectivity index (χ3v) is 3.29. The van der Waals surface area contributed by atoms with Crippen molar-refractivity contribution in [3.8, 4) is 0 Å². The standard InChI is InChI=1S/C15H25N3O2/c1-5-13-12(15(19)20-8-4)11-16-14(17-13)9-10-18(6-2)7-3/h11H,5-10H2,1-4H3. The number of hydrogen-bond donors (Lipinski definition) is 0. The van der Waals surface area contributed by atoms with Crippen molar-refractivity contribution in [2.75, 3.05) is 26.2 Å². The van der Waals surface area contributed by atoms with Gasteiger partial charge in [-0.25, -0.2) is 14.8 Å². The van der Waals surface area contributed by atoms with Crippen molar-refractivity contribution in [1.82, 2.24) is 14.9 Å². The summed E-state index contributed by atoms with van der Waals surface area (Å²) in [5.41, 5.74) is 1.26. The Morgan fingerprint density at radius 2 is 1.95 bits per heavy atom.